The van der Waals surface area contributed by atoms with E-state index < -0.39 is 0 Å². The van der Waals surface area contributed by atoms with Crippen molar-refractivity contribution in [2.24, 2.45) is 0 Å². The Labute approximate surface area is 115 Å². The van der Waals surface area contributed by atoms with Crippen LogP contribution in [0.5, 0.6) is 0 Å². The molecule has 0 aliphatic rings. The van der Waals surface area contributed by atoms with Gasteiger partial charge in [0.1, 0.15) is 0 Å². The Morgan fingerprint density at radius 1 is 1.32 bits per heavy atom. The molecule has 0 radical (unpaired) electrons. The third kappa shape index (κ3) is 4.29. The molecule has 2 aromatic rings. The van der Waals surface area contributed by atoms with Crippen LogP contribution in [0.25, 0.3) is 0 Å². The highest BCUT2D eigenvalue weighted by atomic mass is 32.1. The lowest BCUT2D eigenvalue weighted by molar-refractivity contribution is -0.115. The van der Waals surface area contributed by atoms with E-state index in [0.717, 1.165) is 11.4 Å². The molecule has 0 spiro atoms. The zero-order valence-corrected chi connectivity index (χ0v) is 11.6. The fourth-order valence-electron chi connectivity index (χ4n) is 1.56. The lowest BCUT2D eigenvalue weighted by atomic mass is 10.3. The summed E-state index contributed by atoms with van der Waals surface area (Å²) in [7, 11) is 0. The molecule has 0 aromatic carbocycles. The van der Waals surface area contributed by atoms with Crippen LogP contribution < -0.4 is 10.6 Å². The number of aryl methyl sites for hydroxylation is 2. The van der Waals surface area contributed by atoms with Crippen molar-refractivity contribution in [3.05, 3.63) is 29.0 Å². The molecule has 7 heteroatoms. The van der Waals surface area contributed by atoms with Gasteiger partial charge in [-0.05, 0) is 19.9 Å². The van der Waals surface area contributed by atoms with Crippen molar-refractivity contribution < 1.29 is 4.79 Å². The first-order valence-electron chi connectivity index (χ1n) is 5.89. The number of nitrogens with one attached hydrogen (secondary N) is 2. The summed E-state index contributed by atoms with van der Waals surface area (Å²) >= 11 is 1.40. The Balaban J connectivity index is 1.78. The molecule has 0 aliphatic heterocycles. The maximum Gasteiger partial charge on any atom is 0.227 e. The highest BCUT2D eigenvalue weighted by Crippen LogP contribution is 2.10. The van der Waals surface area contributed by atoms with Gasteiger partial charge in [-0.15, -0.1) is 11.3 Å². The quantitative estimate of drug-likeness (QED) is 0.873. The van der Waals surface area contributed by atoms with Gasteiger partial charge < -0.3 is 10.6 Å². The number of amides is 1. The molecule has 0 saturated carbocycles. The maximum atomic E-state index is 11.6. The van der Waals surface area contributed by atoms with Crippen LogP contribution in [0.3, 0.4) is 0 Å². The summed E-state index contributed by atoms with van der Waals surface area (Å²) < 4.78 is 0. The number of anilines is 2. The zero-order chi connectivity index (χ0) is 13.7. The molecule has 0 aliphatic carbocycles. The molecule has 6 nitrogen and oxygen atoms in total. The molecule has 0 bridgehead atoms. The van der Waals surface area contributed by atoms with Gasteiger partial charge in [-0.3, -0.25) is 4.79 Å². The summed E-state index contributed by atoms with van der Waals surface area (Å²) in [5.74, 6) is 0.478. The topological polar surface area (TPSA) is 79.8 Å². The second-order valence-electron chi connectivity index (χ2n) is 4.04. The SMILES string of the molecule is Cc1cc(C)nc(NCCC(=O)Nc2nccs2)n1. The normalized spacial score (nSPS) is 10.2. The van der Waals surface area contributed by atoms with Gasteiger partial charge in [-0.2, -0.15) is 0 Å². The number of carbonyl (C=O) groups is 1. The molecule has 0 saturated heterocycles. The van der Waals surface area contributed by atoms with Gasteiger partial charge in [-0.25, -0.2) is 15.0 Å². The molecule has 0 fully saturated rings. The number of thiazole rings is 1. The number of hydrogen-bond acceptors (Lipinski definition) is 6. The van der Waals surface area contributed by atoms with Crippen molar-refractivity contribution in [1.29, 1.82) is 0 Å². The van der Waals surface area contributed by atoms with Crippen LogP contribution in [0.1, 0.15) is 17.8 Å². The van der Waals surface area contributed by atoms with Gasteiger partial charge in [0.25, 0.3) is 0 Å². The number of nitrogens with zero attached hydrogens (tertiary/aromatic N) is 3. The van der Waals surface area contributed by atoms with Crippen molar-refractivity contribution in [3.63, 3.8) is 0 Å². The van der Waals surface area contributed by atoms with Crippen LogP contribution in [0.4, 0.5) is 11.1 Å². The predicted molar refractivity (Wildman–Crippen MR) is 75.4 cm³/mol. The summed E-state index contributed by atoms with van der Waals surface area (Å²) in [6, 6.07) is 1.90. The minimum Gasteiger partial charge on any atom is -0.354 e. The van der Waals surface area contributed by atoms with E-state index in [2.05, 4.69) is 25.6 Å². The Bertz CT molecular complexity index is 535. The zero-order valence-electron chi connectivity index (χ0n) is 10.8. The Morgan fingerprint density at radius 2 is 2.05 bits per heavy atom. The molecule has 2 aromatic heterocycles. The van der Waals surface area contributed by atoms with E-state index in [9.17, 15) is 4.79 Å². The minimum absolute atomic E-state index is 0.0770. The third-order valence-corrected chi connectivity index (χ3v) is 2.98. The average molecular weight is 277 g/mol. The number of rotatable bonds is 5. The van der Waals surface area contributed by atoms with E-state index in [-0.39, 0.29) is 5.91 Å². The lowest BCUT2D eigenvalue weighted by Crippen LogP contribution is -2.17. The summed E-state index contributed by atoms with van der Waals surface area (Å²) in [6.45, 7) is 4.31. The molecule has 19 heavy (non-hydrogen) atoms. The van der Waals surface area contributed by atoms with Crippen LogP contribution >= 0.6 is 11.3 Å². The third-order valence-electron chi connectivity index (χ3n) is 2.30. The van der Waals surface area contributed by atoms with Crippen LogP contribution in [0.2, 0.25) is 0 Å². The first kappa shape index (κ1) is 13.4. The Kier molecular flexibility index (Phi) is 4.40. The van der Waals surface area contributed by atoms with E-state index >= 15 is 0 Å². The van der Waals surface area contributed by atoms with Gasteiger partial charge in [0.2, 0.25) is 11.9 Å². The average Bonchev–Trinajstić information content (AvgIpc) is 2.80. The van der Waals surface area contributed by atoms with E-state index in [1.807, 2.05) is 25.3 Å². The summed E-state index contributed by atoms with van der Waals surface area (Å²) in [6.07, 6.45) is 2.00. The van der Waals surface area contributed by atoms with Gasteiger partial charge in [0, 0.05) is 35.9 Å². The molecule has 100 valence electrons. The minimum atomic E-state index is -0.0770. The van der Waals surface area contributed by atoms with E-state index in [1.54, 1.807) is 6.20 Å². The fraction of sp³-hybridized carbons (Fsp3) is 0.333. The van der Waals surface area contributed by atoms with Crippen LogP contribution in [-0.2, 0) is 4.79 Å². The van der Waals surface area contributed by atoms with Crippen LogP contribution in [-0.4, -0.2) is 27.4 Å². The smallest absolute Gasteiger partial charge is 0.227 e. The van der Waals surface area contributed by atoms with Crippen molar-refractivity contribution in [1.82, 2.24) is 15.0 Å². The van der Waals surface area contributed by atoms with Crippen LogP contribution in [0, 0.1) is 13.8 Å². The van der Waals surface area contributed by atoms with Crippen molar-refractivity contribution in [2.45, 2.75) is 20.3 Å². The molecule has 2 heterocycles. The molecule has 0 atom stereocenters. The molecule has 2 rings (SSSR count). The summed E-state index contributed by atoms with van der Waals surface area (Å²) in [5, 5.41) is 8.19. The van der Waals surface area contributed by atoms with Gasteiger partial charge >= 0.3 is 0 Å². The first-order valence-corrected chi connectivity index (χ1v) is 6.77. The van der Waals surface area contributed by atoms with E-state index in [0.29, 0.717) is 24.0 Å². The van der Waals surface area contributed by atoms with E-state index in [4.69, 9.17) is 0 Å². The fourth-order valence-corrected chi connectivity index (χ4v) is 2.10. The standard InChI is InChI=1S/C12H15N5OS/c1-8-7-9(2)16-11(15-8)13-4-3-10(18)17-12-14-5-6-19-12/h5-7H,3-4H2,1-2H3,(H,13,15,16)(H,14,17,18). The maximum absolute atomic E-state index is 11.6. The highest BCUT2D eigenvalue weighted by molar-refractivity contribution is 7.13. The molecular weight excluding hydrogens is 262 g/mol. The van der Waals surface area contributed by atoms with E-state index in [1.165, 1.54) is 11.3 Å². The molecular formula is C12H15N5OS. The lowest BCUT2D eigenvalue weighted by Gasteiger charge is -2.06. The monoisotopic (exact) mass is 277 g/mol. The highest BCUT2D eigenvalue weighted by Gasteiger charge is 2.04. The first-order chi connectivity index (χ1) is 9.13. The summed E-state index contributed by atoms with van der Waals surface area (Å²) in [4.78, 5) is 24.1. The molecule has 2 N–H and O–H groups in total. The Hall–Kier alpha value is -2.02. The Morgan fingerprint density at radius 3 is 2.68 bits per heavy atom. The van der Waals surface area contributed by atoms with Crippen molar-refractivity contribution in [3.8, 4) is 0 Å². The number of aromatic nitrogens is 3. The molecule has 1 amide bonds. The largest absolute Gasteiger partial charge is 0.354 e. The van der Waals surface area contributed by atoms with Gasteiger partial charge in [0.15, 0.2) is 5.13 Å². The van der Waals surface area contributed by atoms with Crippen LogP contribution in [0.15, 0.2) is 17.6 Å². The number of carbonyl (C=O) groups excluding carboxylic acids is 1. The second kappa shape index (κ2) is 6.24. The van der Waals surface area contributed by atoms with Gasteiger partial charge in [-0.1, -0.05) is 0 Å². The second-order valence-corrected chi connectivity index (χ2v) is 4.93. The molecule has 0 unspecified atom stereocenters. The summed E-state index contributed by atoms with van der Waals surface area (Å²) in [5.41, 5.74) is 1.81. The van der Waals surface area contributed by atoms with Gasteiger partial charge in [0.05, 0.1) is 0 Å². The van der Waals surface area contributed by atoms with Crippen molar-refractivity contribution >= 4 is 28.3 Å². The number of hydrogen-bond donors (Lipinski definition) is 2. The predicted octanol–water partition coefficient (Wildman–Crippen LogP) is 1.99. The van der Waals surface area contributed by atoms with Crippen molar-refractivity contribution in [2.75, 3.05) is 17.2 Å².